The van der Waals surface area contributed by atoms with Gasteiger partial charge in [-0.25, -0.2) is 0 Å². The third-order valence-electron chi connectivity index (χ3n) is 7.27. The Morgan fingerprint density at radius 2 is 1.65 bits per heavy atom. The molecule has 2 aliphatic rings. The van der Waals surface area contributed by atoms with Crippen LogP contribution >= 0.6 is 11.6 Å². The summed E-state index contributed by atoms with van der Waals surface area (Å²) in [4.78, 5) is 19.5. The fourth-order valence-corrected chi connectivity index (χ4v) is 5.24. The van der Waals surface area contributed by atoms with E-state index >= 15 is 0 Å². The number of hydrogen-bond donors (Lipinski definition) is 0. The Morgan fingerprint density at radius 3 is 2.26 bits per heavy atom. The Hall–Kier alpha value is -2.24. The van der Waals surface area contributed by atoms with Crippen LogP contribution in [-0.2, 0) is 11.3 Å². The number of carbonyl (C=O) groups excluding carboxylic acids is 1. The molecule has 2 aromatic carbocycles. The highest BCUT2D eigenvalue weighted by atomic mass is 35.5. The van der Waals surface area contributed by atoms with E-state index in [1.165, 1.54) is 11.3 Å². The van der Waals surface area contributed by atoms with Crippen molar-refractivity contribution in [3.63, 3.8) is 0 Å². The van der Waals surface area contributed by atoms with Crippen LogP contribution in [0.15, 0.2) is 48.5 Å². The first-order valence-corrected chi connectivity index (χ1v) is 13.2. The Morgan fingerprint density at radius 1 is 0.971 bits per heavy atom. The number of nitrogens with zero attached hydrogens (tertiary/aromatic N) is 3. The van der Waals surface area contributed by atoms with Crippen molar-refractivity contribution in [3.8, 4) is 5.75 Å². The summed E-state index contributed by atoms with van der Waals surface area (Å²) in [6.07, 6.45) is 3.86. The van der Waals surface area contributed by atoms with Gasteiger partial charge in [0.05, 0.1) is 0 Å². The topological polar surface area (TPSA) is 36.0 Å². The number of amides is 1. The lowest BCUT2D eigenvalue weighted by Crippen LogP contribution is -2.45. The Labute approximate surface area is 209 Å². The van der Waals surface area contributed by atoms with Crippen molar-refractivity contribution in [1.29, 1.82) is 0 Å². The number of carbonyl (C=O) groups is 1. The maximum atomic E-state index is 12.6. The molecule has 0 N–H and O–H groups in total. The van der Waals surface area contributed by atoms with Gasteiger partial charge in [-0.15, -0.1) is 0 Å². The largest absolute Gasteiger partial charge is 0.490 e. The van der Waals surface area contributed by atoms with Gasteiger partial charge >= 0.3 is 0 Å². The molecule has 2 saturated heterocycles. The second-order valence-corrected chi connectivity index (χ2v) is 9.98. The highest BCUT2D eigenvalue weighted by molar-refractivity contribution is 6.30. The number of ether oxygens (including phenoxy) is 1. The molecule has 0 aliphatic carbocycles. The normalized spacial score (nSPS) is 17.9. The molecule has 0 spiro atoms. The number of benzene rings is 2. The lowest BCUT2D eigenvalue weighted by atomic mass is 9.99. The molecule has 2 aliphatic heterocycles. The van der Waals surface area contributed by atoms with Gasteiger partial charge < -0.3 is 14.5 Å². The van der Waals surface area contributed by atoms with Gasteiger partial charge in [0.15, 0.2) is 0 Å². The predicted octanol–water partition coefficient (Wildman–Crippen LogP) is 5.47. The fraction of sp³-hybridized carbons (Fsp3) is 0.536. The highest BCUT2D eigenvalue weighted by Crippen LogP contribution is 2.24. The van der Waals surface area contributed by atoms with Crippen LogP contribution in [0.2, 0.25) is 5.02 Å². The van der Waals surface area contributed by atoms with Crippen LogP contribution in [-0.4, -0.2) is 61.1 Å². The molecular formula is C28H38ClN3O2. The number of likely N-dealkylation sites (tertiary alicyclic amines) is 1. The van der Waals surface area contributed by atoms with Crippen molar-refractivity contribution >= 4 is 23.2 Å². The van der Waals surface area contributed by atoms with Crippen molar-refractivity contribution in [2.45, 2.75) is 52.2 Å². The molecule has 0 bridgehead atoms. The van der Waals surface area contributed by atoms with Gasteiger partial charge in [-0.1, -0.05) is 43.6 Å². The number of halogens is 1. The summed E-state index contributed by atoms with van der Waals surface area (Å²) in [6, 6.07) is 16.7. The Kier molecular flexibility index (Phi) is 8.74. The smallest absolute Gasteiger partial charge is 0.225 e. The van der Waals surface area contributed by atoms with Crippen LogP contribution in [0.1, 0.15) is 45.1 Å². The number of anilines is 1. The third-order valence-corrected chi connectivity index (χ3v) is 7.50. The van der Waals surface area contributed by atoms with Gasteiger partial charge in [0.2, 0.25) is 5.91 Å². The van der Waals surface area contributed by atoms with Gasteiger partial charge in [0.25, 0.3) is 0 Å². The lowest BCUT2D eigenvalue weighted by molar-refractivity contribution is -0.137. The molecule has 34 heavy (non-hydrogen) atoms. The first-order valence-electron chi connectivity index (χ1n) is 12.8. The van der Waals surface area contributed by atoms with E-state index in [0.717, 1.165) is 82.3 Å². The SMILES string of the molecule is CCC(CC)C(=O)N1CCC(Oc2ccc(CN3CCN(c4cccc(Cl)c4)CC3)cc2)CC1. The van der Waals surface area contributed by atoms with E-state index in [1.807, 2.05) is 23.1 Å². The molecule has 2 aromatic rings. The summed E-state index contributed by atoms with van der Waals surface area (Å²) < 4.78 is 6.25. The zero-order valence-electron chi connectivity index (χ0n) is 20.6. The number of piperidine rings is 1. The minimum Gasteiger partial charge on any atom is -0.490 e. The molecule has 0 radical (unpaired) electrons. The molecule has 1 amide bonds. The average Bonchev–Trinajstić information content (AvgIpc) is 2.87. The summed E-state index contributed by atoms with van der Waals surface area (Å²) >= 11 is 6.15. The minimum absolute atomic E-state index is 0.171. The van der Waals surface area contributed by atoms with Crippen LogP contribution in [0.4, 0.5) is 5.69 Å². The van der Waals surface area contributed by atoms with Crippen molar-refractivity contribution in [3.05, 3.63) is 59.1 Å². The molecular weight excluding hydrogens is 446 g/mol. The first kappa shape index (κ1) is 24.9. The summed E-state index contributed by atoms with van der Waals surface area (Å²) in [5, 5.41) is 0.794. The Balaban J connectivity index is 1.20. The van der Waals surface area contributed by atoms with E-state index in [4.69, 9.17) is 16.3 Å². The number of piperazine rings is 1. The zero-order chi connectivity index (χ0) is 23.9. The third kappa shape index (κ3) is 6.45. The molecule has 5 nitrogen and oxygen atoms in total. The second kappa shape index (κ2) is 11.9. The van der Waals surface area contributed by atoms with Crippen LogP contribution in [0.5, 0.6) is 5.75 Å². The molecule has 6 heteroatoms. The van der Waals surface area contributed by atoms with E-state index in [9.17, 15) is 4.79 Å². The van der Waals surface area contributed by atoms with Crippen LogP contribution in [0.25, 0.3) is 0 Å². The molecule has 0 aromatic heterocycles. The van der Waals surface area contributed by atoms with E-state index in [2.05, 4.69) is 54.0 Å². The standard InChI is InChI=1S/C28H38ClN3O2/c1-3-23(4-2)28(33)32-14-12-27(13-15-32)34-26-10-8-22(9-11-26)21-30-16-18-31(19-17-30)25-7-5-6-24(29)20-25/h5-11,20,23,27H,3-4,12-19,21H2,1-2H3. The quantitative estimate of drug-likeness (QED) is 0.499. The molecule has 2 fully saturated rings. The highest BCUT2D eigenvalue weighted by Gasteiger charge is 2.27. The fourth-order valence-electron chi connectivity index (χ4n) is 5.05. The first-order chi connectivity index (χ1) is 16.6. The number of hydrogen-bond acceptors (Lipinski definition) is 4. The van der Waals surface area contributed by atoms with E-state index in [-0.39, 0.29) is 12.0 Å². The Bertz CT molecular complexity index is 916. The maximum Gasteiger partial charge on any atom is 0.225 e. The van der Waals surface area contributed by atoms with E-state index < -0.39 is 0 Å². The van der Waals surface area contributed by atoms with Crippen molar-refractivity contribution in [2.75, 3.05) is 44.2 Å². The van der Waals surface area contributed by atoms with Gasteiger partial charge in [-0.3, -0.25) is 9.69 Å². The van der Waals surface area contributed by atoms with Crippen LogP contribution < -0.4 is 9.64 Å². The minimum atomic E-state index is 0.171. The van der Waals surface area contributed by atoms with Crippen molar-refractivity contribution in [2.24, 2.45) is 5.92 Å². The summed E-state index contributed by atoms with van der Waals surface area (Å²) in [6.45, 7) is 10.9. The lowest BCUT2D eigenvalue weighted by Gasteiger charge is -2.36. The molecule has 0 saturated carbocycles. The average molecular weight is 484 g/mol. The summed E-state index contributed by atoms with van der Waals surface area (Å²) in [7, 11) is 0. The molecule has 4 rings (SSSR count). The zero-order valence-corrected chi connectivity index (χ0v) is 21.3. The van der Waals surface area contributed by atoms with Crippen LogP contribution in [0.3, 0.4) is 0 Å². The van der Waals surface area contributed by atoms with Gasteiger partial charge in [-0.05, 0) is 48.7 Å². The number of rotatable bonds is 8. The monoisotopic (exact) mass is 483 g/mol. The summed E-state index contributed by atoms with van der Waals surface area (Å²) in [5.41, 5.74) is 2.52. The molecule has 0 unspecified atom stereocenters. The van der Waals surface area contributed by atoms with Crippen molar-refractivity contribution in [1.82, 2.24) is 9.80 Å². The van der Waals surface area contributed by atoms with Gasteiger partial charge in [0, 0.05) is 75.3 Å². The van der Waals surface area contributed by atoms with Gasteiger partial charge in [-0.2, -0.15) is 0 Å². The van der Waals surface area contributed by atoms with E-state index in [0.29, 0.717) is 5.91 Å². The van der Waals surface area contributed by atoms with Crippen molar-refractivity contribution < 1.29 is 9.53 Å². The summed E-state index contributed by atoms with van der Waals surface area (Å²) in [5.74, 6) is 1.42. The molecule has 0 atom stereocenters. The molecule has 184 valence electrons. The van der Waals surface area contributed by atoms with Gasteiger partial charge in [0.1, 0.15) is 11.9 Å². The van der Waals surface area contributed by atoms with E-state index in [1.54, 1.807) is 0 Å². The predicted molar refractivity (Wildman–Crippen MR) is 140 cm³/mol. The molecule has 2 heterocycles. The second-order valence-electron chi connectivity index (χ2n) is 9.54. The van der Waals surface area contributed by atoms with Crippen LogP contribution in [0, 0.1) is 5.92 Å². The maximum absolute atomic E-state index is 12.6.